The Balaban J connectivity index is 2.35. The first-order valence-electron chi connectivity index (χ1n) is 5.10. The summed E-state index contributed by atoms with van der Waals surface area (Å²) in [5.41, 5.74) is 1.09. The normalized spacial score (nSPS) is 26.8. The lowest BCUT2D eigenvalue weighted by Gasteiger charge is -2.24. The smallest absolute Gasteiger partial charge is 0.119 e. The van der Waals surface area contributed by atoms with Crippen LogP contribution in [0.3, 0.4) is 0 Å². The minimum atomic E-state index is -2.20. The van der Waals surface area contributed by atoms with Crippen LogP contribution in [-0.4, -0.2) is 12.3 Å². The molecular formula is C12H14ClOP. The third-order valence-corrected chi connectivity index (χ3v) is 6.56. The molecule has 15 heavy (non-hydrogen) atoms. The van der Waals surface area contributed by atoms with E-state index in [2.05, 4.69) is 0 Å². The maximum atomic E-state index is 12.7. The van der Waals surface area contributed by atoms with E-state index in [1.807, 2.05) is 37.3 Å². The highest BCUT2D eigenvalue weighted by molar-refractivity contribution is 7.71. The van der Waals surface area contributed by atoms with Crippen LogP contribution in [0.1, 0.15) is 13.3 Å². The number of rotatable bonds is 1. The molecule has 0 spiro atoms. The third-order valence-electron chi connectivity index (χ3n) is 2.87. The SMILES string of the molecule is CC1=C(Cl)CC[P@](=O)(c2ccccc2)C1. The molecule has 0 unspecified atom stereocenters. The molecule has 0 fully saturated rings. The Morgan fingerprint density at radius 3 is 2.53 bits per heavy atom. The van der Waals surface area contributed by atoms with Crippen molar-refractivity contribution in [1.29, 1.82) is 0 Å². The summed E-state index contributed by atoms with van der Waals surface area (Å²) in [4.78, 5) is 0. The molecule has 0 saturated heterocycles. The van der Waals surface area contributed by atoms with E-state index >= 15 is 0 Å². The average molecular weight is 241 g/mol. The molecule has 3 heteroatoms. The van der Waals surface area contributed by atoms with Crippen LogP contribution in [0.25, 0.3) is 0 Å². The van der Waals surface area contributed by atoms with Gasteiger partial charge >= 0.3 is 0 Å². The van der Waals surface area contributed by atoms with Gasteiger partial charge in [-0.1, -0.05) is 47.5 Å². The molecule has 0 aromatic heterocycles. The zero-order valence-electron chi connectivity index (χ0n) is 8.74. The van der Waals surface area contributed by atoms with Crippen molar-refractivity contribution in [2.45, 2.75) is 13.3 Å². The topological polar surface area (TPSA) is 17.1 Å². The van der Waals surface area contributed by atoms with Gasteiger partial charge in [-0.15, -0.1) is 0 Å². The molecule has 1 heterocycles. The number of allylic oxidation sites excluding steroid dienone is 2. The summed E-state index contributed by atoms with van der Waals surface area (Å²) in [6.07, 6.45) is 2.13. The molecule has 1 atom stereocenters. The lowest BCUT2D eigenvalue weighted by atomic mass is 10.3. The van der Waals surface area contributed by atoms with Crippen molar-refractivity contribution in [2.75, 3.05) is 12.3 Å². The van der Waals surface area contributed by atoms with E-state index < -0.39 is 7.14 Å². The molecular weight excluding hydrogens is 227 g/mol. The van der Waals surface area contributed by atoms with Crippen LogP contribution in [0.4, 0.5) is 0 Å². The molecule has 1 aromatic rings. The Kier molecular flexibility index (Phi) is 3.04. The van der Waals surface area contributed by atoms with Crippen LogP contribution in [0.2, 0.25) is 0 Å². The Morgan fingerprint density at radius 1 is 1.27 bits per heavy atom. The first kappa shape index (κ1) is 11.0. The number of hydrogen-bond donors (Lipinski definition) is 0. The van der Waals surface area contributed by atoms with Crippen LogP contribution in [0.15, 0.2) is 40.9 Å². The van der Waals surface area contributed by atoms with Crippen LogP contribution in [0.5, 0.6) is 0 Å². The van der Waals surface area contributed by atoms with Gasteiger partial charge in [-0.3, -0.25) is 0 Å². The van der Waals surface area contributed by atoms with E-state index in [9.17, 15) is 4.57 Å². The van der Waals surface area contributed by atoms with Crippen LogP contribution < -0.4 is 5.30 Å². The molecule has 1 aliphatic heterocycles. The van der Waals surface area contributed by atoms with Gasteiger partial charge in [-0.25, -0.2) is 0 Å². The second kappa shape index (κ2) is 4.15. The predicted octanol–water partition coefficient (Wildman–Crippen LogP) is 3.59. The first-order chi connectivity index (χ1) is 7.12. The van der Waals surface area contributed by atoms with Gasteiger partial charge in [-0.2, -0.15) is 0 Å². The monoisotopic (exact) mass is 240 g/mol. The van der Waals surface area contributed by atoms with E-state index in [4.69, 9.17) is 11.6 Å². The van der Waals surface area contributed by atoms with Crippen molar-refractivity contribution >= 4 is 24.0 Å². The Morgan fingerprint density at radius 2 is 1.93 bits per heavy atom. The maximum absolute atomic E-state index is 12.7. The molecule has 1 aliphatic rings. The minimum absolute atomic E-state index is 0.649. The summed E-state index contributed by atoms with van der Waals surface area (Å²) in [6, 6.07) is 9.78. The van der Waals surface area contributed by atoms with E-state index in [1.165, 1.54) is 0 Å². The van der Waals surface area contributed by atoms with Gasteiger partial charge in [0.2, 0.25) is 0 Å². The number of benzene rings is 1. The highest BCUT2D eigenvalue weighted by atomic mass is 35.5. The Bertz CT molecular complexity index is 436. The molecule has 2 rings (SSSR count). The standard InChI is InChI=1S/C12H14ClOP/c1-10-9-15(14,8-7-12(10)13)11-5-3-2-4-6-11/h2-6H,7-9H2,1H3/t15-/m1/s1. The van der Waals surface area contributed by atoms with E-state index in [1.54, 1.807) is 0 Å². The summed E-state index contributed by atoms with van der Waals surface area (Å²) in [7, 11) is -2.20. The van der Waals surface area contributed by atoms with Crippen molar-refractivity contribution in [2.24, 2.45) is 0 Å². The number of hydrogen-bond acceptors (Lipinski definition) is 1. The van der Waals surface area contributed by atoms with Gasteiger partial charge in [0.1, 0.15) is 7.14 Å². The summed E-state index contributed by atoms with van der Waals surface area (Å²) < 4.78 is 12.7. The van der Waals surface area contributed by atoms with Crippen LogP contribution in [0, 0.1) is 0 Å². The fourth-order valence-corrected chi connectivity index (χ4v) is 5.20. The molecule has 0 bridgehead atoms. The van der Waals surface area contributed by atoms with E-state index in [0.717, 1.165) is 22.3 Å². The van der Waals surface area contributed by atoms with Gasteiger partial charge in [0.05, 0.1) is 0 Å². The highest BCUT2D eigenvalue weighted by Gasteiger charge is 2.29. The van der Waals surface area contributed by atoms with Gasteiger partial charge in [0.25, 0.3) is 0 Å². The van der Waals surface area contributed by atoms with Gasteiger partial charge in [0, 0.05) is 22.7 Å². The minimum Gasteiger partial charge on any atom is -0.318 e. The number of halogens is 1. The zero-order valence-corrected chi connectivity index (χ0v) is 10.4. The molecule has 0 saturated carbocycles. The second-order valence-electron chi connectivity index (χ2n) is 4.04. The van der Waals surface area contributed by atoms with Gasteiger partial charge in [0.15, 0.2) is 0 Å². The molecule has 0 aliphatic carbocycles. The maximum Gasteiger partial charge on any atom is 0.119 e. The predicted molar refractivity (Wildman–Crippen MR) is 66.6 cm³/mol. The molecule has 0 radical (unpaired) electrons. The van der Waals surface area contributed by atoms with Crippen molar-refractivity contribution in [3.63, 3.8) is 0 Å². The molecule has 0 N–H and O–H groups in total. The molecule has 1 nitrogen and oxygen atoms in total. The summed E-state index contributed by atoms with van der Waals surface area (Å²) in [5.74, 6) is 0. The second-order valence-corrected chi connectivity index (χ2v) is 7.56. The van der Waals surface area contributed by atoms with Crippen molar-refractivity contribution < 1.29 is 4.57 Å². The van der Waals surface area contributed by atoms with Crippen molar-refractivity contribution in [3.8, 4) is 0 Å². The Hall–Kier alpha value is -0.520. The van der Waals surface area contributed by atoms with E-state index in [-0.39, 0.29) is 0 Å². The highest BCUT2D eigenvalue weighted by Crippen LogP contribution is 2.51. The quantitative estimate of drug-likeness (QED) is 0.686. The average Bonchev–Trinajstić information content (AvgIpc) is 2.26. The fraction of sp³-hybridized carbons (Fsp3) is 0.333. The summed E-state index contributed by atoms with van der Waals surface area (Å²) in [5, 5.41) is 1.89. The van der Waals surface area contributed by atoms with Crippen molar-refractivity contribution in [1.82, 2.24) is 0 Å². The fourth-order valence-electron chi connectivity index (χ4n) is 1.96. The molecule has 1 aromatic carbocycles. The Labute approximate surface area is 95.5 Å². The van der Waals surface area contributed by atoms with Gasteiger partial charge in [-0.05, 0) is 13.3 Å². The van der Waals surface area contributed by atoms with Crippen molar-refractivity contribution in [3.05, 3.63) is 40.9 Å². The molecule has 0 amide bonds. The van der Waals surface area contributed by atoms with Crippen LogP contribution >= 0.6 is 18.7 Å². The van der Waals surface area contributed by atoms with E-state index in [0.29, 0.717) is 12.3 Å². The third kappa shape index (κ3) is 2.19. The lowest BCUT2D eigenvalue weighted by Crippen LogP contribution is -2.15. The van der Waals surface area contributed by atoms with Crippen LogP contribution in [-0.2, 0) is 4.57 Å². The van der Waals surface area contributed by atoms with Gasteiger partial charge < -0.3 is 4.57 Å². The molecule has 80 valence electrons. The first-order valence-corrected chi connectivity index (χ1v) is 7.55. The summed E-state index contributed by atoms with van der Waals surface area (Å²) >= 11 is 6.04. The largest absolute Gasteiger partial charge is 0.318 e. The lowest BCUT2D eigenvalue weighted by molar-refractivity contribution is 0.580. The summed E-state index contributed by atoms with van der Waals surface area (Å²) in [6.45, 7) is 1.98. The zero-order chi connectivity index (χ0) is 10.9.